The van der Waals surface area contributed by atoms with E-state index in [4.69, 9.17) is 22.3 Å². The number of aliphatic hydroxyl groups excluding tert-OH is 1. The van der Waals surface area contributed by atoms with E-state index in [1.807, 2.05) is 0 Å². The van der Waals surface area contributed by atoms with Gasteiger partial charge in [-0.2, -0.15) is 8.42 Å². The predicted molar refractivity (Wildman–Crippen MR) is 117 cm³/mol. The summed E-state index contributed by atoms with van der Waals surface area (Å²) in [6.07, 6.45) is 9.68. The molecule has 0 saturated heterocycles. The van der Waals surface area contributed by atoms with Crippen LogP contribution in [0.2, 0.25) is 0 Å². The number of aliphatic hydroxyl groups is 1. The van der Waals surface area contributed by atoms with Crippen LogP contribution >= 0.6 is 0 Å². The normalized spacial score (nSPS) is 42.9. The molecule has 0 aromatic rings. The summed E-state index contributed by atoms with van der Waals surface area (Å²) >= 11 is 0. The predicted octanol–water partition coefficient (Wildman–Crippen LogP) is 3.55. The van der Waals surface area contributed by atoms with E-state index < -0.39 is 16.0 Å². The largest absolute Gasteiger partial charge is 0.451 e. The number of allylic oxidation sites excluding steroid dienone is 1. The number of fused-ring (bicyclic) bond motifs is 5. The Morgan fingerprint density at radius 3 is 2.19 bits per heavy atom. The van der Waals surface area contributed by atoms with Crippen LogP contribution in [-0.2, 0) is 24.7 Å². The Balaban J connectivity index is 0.000000523. The van der Waals surface area contributed by atoms with Gasteiger partial charge >= 0.3 is 16.4 Å². The summed E-state index contributed by atoms with van der Waals surface area (Å²) in [5.74, 6) is 1.25. The lowest BCUT2D eigenvalue weighted by Gasteiger charge is -2.59. The Hall–Kier alpha value is -1.29. The van der Waals surface area contributed by atoms with Gasteiger partial charge in [-0.3, -0.25) is 18.7 Å². The van der Waals surface area contributed by atoms with E-state index >= 15 is 0 Å². The van der Waals surface area contributed by atoms with Crippen LogP contribution in [0.1, 0.15) is 79.1 Å². The maximum atomic E-state index is 12.7. The van der Waals surface area contributed by atoms with Gasteiger partial charge in [0, 0.05) is 12.3 Å². The highest BCUT2D eigenvalue weighted by atomic mass is 32.3. The minimum absolute atomic E-state index is 0.0141. The molecule has 32 heavy (non-hydrogen) atoms. The van der Waals surface area contributed by atoms with E-state index in [-0.39, 0.29) is 28.7 Å². The fraction of sp³-hybridized carbons (Fsp3) is 0.826. The third kappa shape index (κ3) is 4.29. The van der Waals surface area contributed by atoms with Gasteiger partial charge in [0.25, 0.3) is 0 Å². The van der Waals surface area contributed by atoms with Gasteiger partial charge < -0.3 is 9.84 Å². The molecule has 7 atom stereocenters. The number of Topliss-reactive ketones (excluding diaryl/α,β-unsaturated/α-hetero) is 1. The smallest absolute Gasteiger partial charge is 0.394 e. The first kappa shape index (κ1) is 25.3. The lowest BCUT2D eigenvalue weighted by Crippen LogP contribution is -2.58. The van der Waals surface area contributed by atoms with Crippen LogP contribution < -0.4 is 0 Å². The zero-order valence-electron chi connectivity index (χ0n) is 19.3. The summed E-state index contributed by atoms with van der Waals surface area (Å²) in [4.78, 5) is 24.6. The number of ketones is 1. The van der Waals surface area contributed by atoms with Crippen LogP contribution in [0.25, 0.3) is 0 Å². The van der Waals surface area contributed by atoms with Crippen molar-refractivity contribution >= 4 is 22.2 Å². The molecule has 9 heteroatoms. The molecule has 0 bridgehead atoms. The van der Waals surface area contributed by atoms with E-state index in [2.05, 4.69) is 19.9 Å². The molecule has 0 spiro atoms. The number of carbonyl (C=O) groups is 2. The summed E-state index contributed by atoms with van der Waals surface area (Å²) in [5.41, 5.74) is 0.442. The zero-order chi connectivity index (χ0) is 24.1. The van der Waals surface area contributed by atoms with Crippen LogP contribution in [-0.4, -0.2) is 46.1 Å². The Kier molecular flexibility index (Phi) is 6.72. The Bertz CT molecular complexity index is 903. The topological polar surface area (TPSA) is 138 Å². The van der Waals surface area contributed by atoms with E-state index in [0.717, 1.165) is 44.9 Å². The Labute approximate surface area is 190 Å². The van der Waals surface area contributed by atoms with E-state index in [0.29, 0.717) is 24.2 Å². The van der Waals surface area contributed by atoms with Gasteiger partial charge in [0.1, 0.15) is 0 Å². The van der Waals surface area contributed by atoms with Gasteiger partial charge in [-0.15, -0.1) is 0 Å². The van der Waals surface area contributed by atoms with Gasteiger partial charge in [-0.25, -0.2) is 0 Å². The van der Waals surface area contributed by atoms with Crippen LogP contribution in [0.4, 0.5) is 0 Å². The molecule has 182 valence electrons. The first-order chi connectivity index (χ1) is 14.6. The Morgan fingerprint density at radius 2 is 1.62 bits per heavy atom. The second-order valence-electron chi connectivity index (χ2n) is 10.6. The summed E-state index contributed by atoms with van der Waals surface area (Å²) in [6.45, 7) is 7.64. The highest BCUT2D eigenvalue weighted by Crippen LogP contribution is 2.68. The minimum Gasteiger partial charge on any atom is -0.451 e. The third-order valence-corrected chi connectivity index (χ3v) is 9.08. The zero-order valence-corrected chi connectivity index (χ0v) is 20.2. The van der Waals surface area contributed by atoms with Gasteiger partial charge in [0.05, 0.1) is 6.10 Å². The molecule has 0 aliphatic heterocycles. The molecule has 4 aliphatic rings. The average molecular weight is 473 g/mol. The first-order valence-corrected chi connectivity index (χ1v) is 12.8. The second-order valence-corrected chi connectivity index (χ2v) is 11.5. The fourth-order valence-electron chi connectivity index (χ4n) is 7.70. The molecule has 3 N–H and O–H groups in total. The number of carbonyl (C=O) groups excluding carboxylic acids is 2. The highest BCUT2D eigenvalue weighted by molar-refractivity contribution is 7.79. The summed E-state index contributed by atoms with van der Waals surface area (Å²) in [6, 6.07) is 0. The maximum Gasteiger partial charge on any atom is 0.394 e. The lowest BCUT2D eigenvalue weighted by atomic mass is 9.46. The average Bonchev–Trinajstić information content (AvgIpc) is 2.94. The molecule has 0 aromatic heterocycles. The number of esters is 1. The standard InChI is InChI=1S/C23H34O4.H2O4S/c1-14(24)23(27-15(2)25)12-9-20-18-6-5-16-13-17(26)7-10-21(16,3)19(18)8-11-22(20,23)4;1-5(2,3)4/h5,17-20,26H,6-13H2,1-4H3;(H2,1,2,3,4). The SMILES string of the molecule is CC(=O)OC1(C(C)=O)CCC2C3CC=C4CC(O)CCC4(C)C3CCC21C.O=S(=O)(O)O. The molecule has 0 amide bonds. The van der Waals surface area contributed by atoms with Crippen LogP contribution in [0.15, 0.2) is 11.6 Å². The fourth-order valence-corrected chi connectivity index (χ4v) is 7.70. The summed E-state index contributed by atoms with van der Waals surface area (Å²) in [5, 5.41) is 10.1. The maximum absolute atomic E-state index is 12.7. The van der Waals surface area contributed by atoms with Gasteiger partial charge in [0.15, 0.2) is 11.4 Å². The van der Waals surface area contributed by atoms with Crippen molar-refractivity contribution in [2.24, 2.45) is 28.6 Å². The van der Waals surface area contributed by atoms with Crippen molar-refractivity contribution in [2.45, 2.75) is 90.8 Å². The molecule has 8 nitrogen and oxygen atoms in total. The molecule has 4 aliphatic carbocycles. The number of rotatable bonds is 2. The molecule has 0 radical (unpaired) electrons. The summed E-state index contributed by atoms with van der Waals surface area (Å²) in [7, 11) is -4.67. The third-order valence-electron chi connectivity index (χ3n) is 9.08. The van der Waals surface area contributed by atoms with Crippen molar-refractivity contribution in [3.05, 3.63) is 11.6 Å². The van der Waals surface area contributed by atoms with E-state index in [1.54, 1.807) is 6.92 Å². The van der Waals surface area contributed by atoms with Crippen molar-refractivity contribution in [3.8, 4) is 0 Å². The quantitative estimate of drug-likeness (QED) is 0.315. The molecule has 4 rings (SSSR count). The number of hydrogen-bond acceptors (Lipinski definition) is 6. The lowest BCUT2D eigenvalue weighted by molar-refractivity contribution is -0.186. The first-order valence-electron chi connectivity index (χ1n) is 11.4. The Morgan fingerprint density at radius 1 is 1.03 bits per heavy atom. The monoisotopic (exact) mass is 472 g/mol. The molecular formula is C23H36O8S. The molecule has 3 saturated carbocycles. The van der Waals surface area contributed by atoms with Crippen molar-refractivity contribution in [1.82, 2.24) is 0 Å². The van der Waals surface area contributed by atoms with Gasteiger partial charge in [0.2, 0.25) is 0 Å². The van der Waals surface area contributed by atoms with Crippen LogP contribution in [0, 0.1) is 28.6 Å². The van der Waals surface area contributed by atoms with Crippen molar-refractivity contribution in [3.63, 3.8) is 0 Å². The minimum atomic E-state index is -4.67. The van der Waals surface area contributed by atoms with E-state index in [1.165, 1.54) is 12.5 Å². The molecule has 0 aromatic carbocycles. The van der Waals surface area contributed by atoms with Crippen LogP contribution in [0.3, 0.4) is 0 Å². The van der Waals surface area contributed by atoms with Gasteiger partial charge in [-0.05, 0) is 81.5 Å². The highest BCUT2D eigenvalue weighted by Gasteiger charge is 2.67. The number of ether oxygens (including phenoxy) is 1. The van der Waals surface area contributed by atoms with Crippen molar-refractivity contribution in [1.29, 1.82) is 0 Å². The molecule has 3 fully saturated rings. The second kappa shape index (κ2) is 8.49. The molecule has 7 unspecified atom stereocenters. The van der Waals surface area contributed by atoms with Crippen molar-refractivity contribution in [2.75, 3.05) is 0 Å². The van der Waals surface area contributed by atoms with E-state index in [9.17, 15) is 14.7 Å². The van der Waals surface area contributed by atoms with Gasteiger partial charge in [-0.1, -0.05) is 25.5 Å². The van der Waals surface area contributed by atoms with Crippen molar-refractivity contribution < 1.29 is 37.0 Å². The summed E-state index contributed by atoms with van der Waals surface area (Å²) < 4.78 is 37.4. The van der Waals surface area contributed by atoms with Crippen LogP contribution in [0.5, 0.6) is 0 Å². The molecule has 0 heterocycles. The number of hydrogen-bond donors (Lipinski definition) is 3. The molecular weight excluding hydrogens is 436 g/mol.